The first kappa shape index (κ1) is 10.7. The van der Waals surface area contributed by atoms with Crippen molar-refractivity contribution in [3.8, 4) is 0 Å². The third kappa shape index (κ3) is 2.81. The number of hydrogen-bond donors (Lipinski definition) is 2. The van der Waals surface area contributed by atoms with Gasteiger partial charge >= 0.3 is 0 Å². The average molecular weight is 222 g/mol. The molecule has 1 fully saturated rings. The monoisotopic (exact) mass is 222 g/mol. The highest BCUT2D eigenvalue weighted by Crippen LogP contribution is 2.26. The van der Waals surface area contributed by atoms with Crippen LogP contribution in [-0.4, -0.2) is 17.5 Å². The van der Waals surface area contributed by atoms with Crippen LogP contribution >= 0.6 is 11.8 Å². The maximum atomic E-state index is 5.86. The molecule has 1 heterocycles. The summed E-state index contributed by atoms with van der Waals surface area (Å²) in [6, 6.07) is 6.19. The molecule has 1 saturated heterocycles. The molecule has 1 aliphatic rings. The zero-order valence-corrected chi connectivity index (χ0v) is 9.94. The third-order valence-electron chi connectivity index (χ3n) is 2.84. The lowest BCUT2D eigenvalue weighted by Crippen LogP contribution is -2.13. The third-order valence-corrected chi connectivity index (χ3v) is 4.24. The molecule has 2 nitrogen and oxygen atoms in total. The average Bonchev–Trinajstić information content (AvgIpc) is 2.73. The van der Waals surface area contributed by atoms with Crippen molar-refractivity contribution in [2.75, 3.05) is 23.3 Å². The van der Waals surface area contributed by atoms with Crippen LogP contribution < -0.4 is 11.1 Å². The highest BCUT2D eigenvalue weighted by Gasteiger charge is 2.14. The lowest BCUT2D eigenvalue weighted by atomic mass is 10.2. The van der Waals surface area contributed by atoms with Gasteiger partial charge in [0.25, 0.3) is 0 Å². The van der Waals surface area contributed by atoms with Crippen LogP contribution in [0.25, 0.3) is 0 Å². The fraction of sp³-hybridized carbons (Fsp3) is 0.500. The molecular formula is C12H18N2S. The standard InChI is InChI=1S/C12H18N2S/c1-9-4-5-10(7-12(9)13)14-8-11-3-2-6-15-11/h4-5,7,11,14H,2-3,6,8,13H2,1H3. The Morgan fingerprint density at radius 1 is 1.53 bits per heavy atom. The van der Waals surface area contributed by atoms with Gasteiger partial charge in [-0.25, -0.2) is 0 Å². The topological polar surface area (TPSA) is 38.0 Å². The number of aryl methyl sites for hydroxylation is 1. The summed E-state index contributed by atoms with van der Waals surface area (Å²) in [4.78, 5) is 0. The number of nitrogens with two attached hydrogens (primary N) is 1. The first-order valence-electron chi connectivity index (χ1n) is 5.47. The fourth-order valence-electron chi connectivity index (χ4n) is 1.79. The van der Waals surface area contributed by atoms with Gasteiger partial charge in [0, 0.05) is 23.2 Å². The van der Waals surface area contributed by atoms with E-state index in [4.69, 9.17) is 5.73 Å². The molecule has 1 aromatic rings. The molecule has 0 spiro atoms. The second kappa shape index (κ2) is 4.79. The molecule has 3 heteroatoms. The summed E-state index contributed by atoms with van der Waals surface area (Å²) in [6.07, 6.45) is 2.71. The molecule has 0 aromatic heterocycles. The van der Waals surface area contributed by atoms with Gasteiger partial charge < -0.3 is 11.1 Å². The maximum Gasteiger partial charge on any atom is 0.0364 e. The maximum absolute atomic E-state index is 5.86. The molecule has 0 aliphatic carbocycles. The van der Waals surface area contributed by atoms with Gasteiger partial charge in [0.1, 0.15) is 0 Å². The van der Waals surface area contributed by atoms with Crippen molar-refractivity contribution >= 4 is 23.1 Å². The van der Waals surface area contributed by atoms with Crippen LogP contribution in [0.3, 0.4) is 0 Å². The van der Waals surface area contributed by atoms with Gasteiger partial charge in [0.15, 0.2) is 0 Å². The van der Waals surface area contributed by atoms with Gasteiger partial charge in [0.2, 0.25) is 0 Å². The second-order valence-corrected chi connectivity index (χ2v) is 5.50. The van der Waals surface area contributed by atoms with Crippen LogP contribution in [0.15, 0.2) is 18.2 Å². The van der Waals surface area contributed by atoms with E-state index < -0.39 is 0 Å². The molecule has 82 valence electrons. The number of nitrogen functional groups attached to an aromatic ring is 1. The van der Waals surface area contributed by atoms with Gasteiger partial charge in [0.05, 0.1) is 0 Å². The van der Waals surface area contributed by atoms with Crippen LogP contribution in [0.2, 0.25) is 0 Å². The van der Waals surface area contributed by atoms with Crippen LogP contribution in [0.4, 0.5) is 11.4 Å². The molecule has 0 radical (unpaired) electrons. The fourth-order valence-corrected chi connectivity index (χ4v) is 2.99. The Kier molecular flexibility index (Phi) is 3.41. The SMILES string of the molecule is Cc1ccc(NCC2CCCS2)cc1N. The van der Waals surface area contributed by atoms with Gasteiger partial charge in [-0.3, -0.25) is 0 Å². The summed E-state index contributed by atoms with van der Waals surface area (Å²) in [7, 11) is 0. The van der Waals surface area contributed by atoms with Crippen molar-refractivity contribution in [3.63, 3.8) is 0 Å². The van der Waals surface area contributed by atoms with Crippen LogP contribution in [0, 0.1) is 6.92 Å². The Hall–Kier alpha value is -0.830. The predicted octanol–water partition coefficient (Wildman–Crippen LogP) is 2.88. The Labute approximate surface area is 95.6 Å². The minimum atomic E-state index is 0.785. The Balaban J connectivity index is 1.90. The molecule has 1 aromatic carbocycles. The normalized spacial score (nSPS) is 20.5. The summed E-state index contributed by atoms with van der Waals surface area (Å²) in [5, 5.41) is 4.24. The molecule has 0 saturated carbocycles. The molecule has 1 atom stereocenters. The molecule has 0 amide bonds. The summed E-state index contributed by atoms with van der Waals surface area (Å²) in [5.41, 5.74) is 9.03. The number of nitrogens with one attached hydrogen (secondary N) is 1. The molecule has 1 unspecified atom stereocenters. The predicted molar refractivity (Wildman–Crippen MR) is 69.6 cm³/mol. The molecule has 1 aliphatic heterocycles. The highest BCUT2D eigenvalue weighted by molar-refractivity contribution is 8.00. The van der Waals surface area contributed by atoms with E-state index in [1.807, 2.05) is 13.0 Å². The van der Waals surface area contributed by atoms with Crippen LogP contribution in [-0.2, 0) is 0 Å². The van der Waals surface area contributed by atoms with E-state index in [-0.39, 0.29) is 0 Å². The lowest BCUT2D eigenvalue weighted by Gasteiger charge is -2.12. The van der Waals surface area contributed by atoms with E-state index in [1.165, 1.54) is 18.6 Å². The summed E-state index contributed by atoms with van der Waals surface area (Å²) in [6.45, 7) is 3.10. The van der Waals surface area contributed by atoms with Crippen LogP contribution in [0.1, 0.15) is 18.4 Å². The Morgan fingerprint density at radius 3 is 3.07 bits per heavy atom. The second-order valence-electron chi connectivity index (χ2n) is 4.09. The van der Waals surface area contributed by atoms with Crippen molar-refractivity contribution in [1.82, 2.24) is 0 Å². The molecule has 15 heavy (non-hydrogen) atoms. The van der Waals surface area contributed by atoms with Crippen molar-refractivity contribution in [3.05, 3.63) is 23.8 Å². The van der Waals surface area contributed by atoms with Gasteiger partial charge in [-0.15, -0.1) is 0 Å². The zero-order chi connectivity index (χ0) is 10.7. The van der Waals surface area contributed by atoms with E-state index in [0.29, 0.717) is 0 Å². The number of rotatable bonds is 3. The van der Waals surface area contributed by atoms with E-state index in [1.54, 1.807) is 0 Å². The number of benzene rings is 1. The minimum Gasteiger partial charge on any atom is -0.398 e. The van der Waals surface area contributed by atoms with E-state index in [0.717, 1.165) is 28.7 Å². The van der Waals surface area contributed by atoms with Crippen molar-refractivity contribution < 1.29 is 0 Å². The number of hydrogen-bond acceptors (Lipinski definition) is 3. The smallest absolute Gasteiger partial charge is 0.0364 e. The lowest BCUT2D eigenvalue weighted by molar-refractivity contribution is 0.805. The van der Waals surface area contributed by atoms with E-state index in [9.17, 15) is 0 Å². The Bertz CT molecular complexity index is 332. The van der Waals surface area contributed by atoms with Crippen LogP contribution in [0.5, 0.6) is 0 Å². The van der Waals surface area contributed by atoms with Gasteiger partial charge in [-0.05, 0) is 43.2 Å². The van der Waals surface area contributed by atoms with Crippen molar-refractivity contribution in [2.24, 2.45) is 0 Å². The van der Waals surface area contributed by atoms with Gasteiger partial charge in [-0.2, -0.15) is 11.8 Å². The van der Waals surface area contributed by atoms with E-state index >= 15 is 0 Å². The zero-order valence-electron chi connectivity index (χ0n) is 9.12. The molecule has 3 N–H and O–H groups in total. The molecule has 0 bridgehead atoms. The number of anilines is 2. The van der Waals surface area contributed by atoms with E-state index in [2.05, 4.69) is 29.2 Å². The van der Waals surface area contributed by atoms with Crippen molar-refractivity contribution in [2.45, 2.75) is 25.0 Å². The summed E-state index contributed by atoms with van der Waals surface area (Å²) < 4.78 is 0. The number of thioether (sulfide) groups is 1. The quantitative estimate of drug-likeness (QED) is 0.772. The summed E-state index contributed by atoms with van der Waals surface area (Å²) in [5.74, 6) is 1.32. The first-order valence-corrected chi connectivity index (χ1v) is 6.52. The minimum absolute atomic E-state index is 0.785. The molecular weight excluding hydrogens is 204 g/mol. The van der Waals surface area contributed by atoms with Gasteiger partial charge in [-0.1, -0.05) is 6.07 Å². The Morgan fingerprint density at radius 2 is 2.40 bits per heavy atom. The highest BCUT2D eigenvalue weighted by atomic mass is 32.2. The summed E-state index contributed by atoms with van der Waals surface area (Å²) >= 11 is 2.08. The first-order chi connectivity index (χ1) is 7.25. The molecule has 2 rings (SSSR count). The van der Waals surface area contributed by atoms with Crippen molar-refractivity contribution in [1.29, 1.82) is 0 Å². The largest absolute Gasteiger partial charge is 0.398 e.